The summed E-state index contributed by atoms with van der Waals surface area (Å²) in [6.07, 6.45) is -2.31. The van der Waals surface area contributed by atoms with Crippen LogP contribution in [0.5, 0.6) is 0 Å². The number of carboxylic acids is 1. The van der Waals surface area contributed by atoms with E-state index in [2.05, 4.69) is 9.97 Å². The van der Waals surface area contributed by atoms with Crippen molar-refractivity contribution >= 4 is 5.97 Å². The molecule has 0 radical (unpaired) electrons. The maximum Gasteiger partial charge on any atom is 0.451 e. The van der Waals surface area contributed by atoms with Gasteiger partial charge in [-0.25, -0.2) is 9.97 Å². The van der Waals surface area contributed by atoms with Gasteiger partial charge in [-0.3, -0.25) is 9.69 Å². The number of carbonyl (C=O) groups is 1. The topological polar surface area (TPSA) is 66.3 Å². The Kier molecular flexibility index (Phi) is 4.42. The highest BCUT2D eigenvalue weighted by atomic mass is 19.4. The molecule has 0 amide bonds. The molecule has 22 heavy (non-hydrogen) atoms. The number of aryl methyl sites for hydroxylation is 1. The highest BCUT2D eigenvalue weighted by Crippen LogP contribution is 2.32. The summed E-state index contributed by atoms with van der Waals surface area (Å²) >= 11 is 0. The fourth-order valence-corrected chi connectivity index (χ4v) is 2.44. The van der Waals surface area contributed by atoms with Crippen LogP contribution >= 0.6 is 0 Å². The minimum atomic E-state index is -4.54. The van der Waals surface area contributed by atoms with Gasteiger partial charge in [-0.2, -0.15) is 13.2 Å². The normalized spacial score (nSPS) is 19.1. The number of aliphatic carboxylic acids is 1. The van der Waals surface area contributed by atoms with Crippen molar-refractivity contribution in [2.75, 3.05) is 13.1 Å². The van der Waals surface area contributed by atoms with Crippen molar-refractivity contribution in [3.05, 3.63) is 23.3 Å². The number of hydrogen-bond acceptors (Lipinski definition) is 4. The summed E-state index contributed by atoms with van der Waals surface area (Å²) in [5.74, 6) is -1.94. The quantitative estimate of drug-likeness (QED) is 0.928. The smallest absolute Gasteiger partial charge is 0.451 e. The van der Waals surface area contributed by atoms with Crippen molar-refractivity contribution in [3.63, 3.8) is 0 Å². The summed E-state index contributed by atoms with van der Waals surface area (Å²) in [5, 5.41) is 9.18. The molecule has 1 aromatic heterocycles. The Bertz CT molecular complexity index is 567. The molecule has 2 rings (SSSR count). The maximum atomic E-state index is 12.5. The van der Waals surface area contributed by atoms with Crippen LogP contribution in [0.4, 0.5) is 13.2 Å². The highest BCUT2D eigenvalue weighted by Gasteiger charge is 2.37. The van der Waals surface area contributed by atoms with E-state index in [1.165, 1.54) is 13.1 Å². The molecule has 1 saturated heterocycles. The summed E-state index contributed by atoms with van der Waals surface area (Å²) < 4.78 is 37.6. The monoisotopic (exact) mass is 317 g/mol. The molecule has 1 fully saturated rings. The molecule has 5 nitrogen and oxygen atoms in total. The zero-order valence-electron chi connectivity index (χ0n) is 12.4. The van der Waals surface area contributed by atoms with Gasteiger partial charge in [0.2, 0.25) is 5.82 Å². The summed E-state index contributed by atoms with van der Waals surface area (Å²) in [4.78, 5) is 20.1. The zero-order chi connectivity index (χ0) is 16.5. The first-order valence-electron chi connectivity index (χ1n) is 6.97. The fourth-order valence-electron chi connectivity index (χ4n) is 2.44. The molecule has 0 atom stereocenters. The zero-order valence-corrected chi connectivity index (χ0v) is 12.4. The second kappa shape index (κ2) is 5.83. The molecular weight excluding hydrogens is 299 g/mol. The number of alkyl halides is 3. The van der Waals surface area contributed by atoms with E-state index in [1.54, 1.807) is 6.92 Å². The van der Waals surface area contributed by atoms with Crippen LogP contribution in [-0.2, 0) is 17.5 Å². The summed E-state index contributed by atoms with van der Waals surface area (Å²) in [7, 11) is 0. The number of piperidine rings is 1. The average molecular weight is 317 g/mol. The van der Waals surface area contributed by atoms with E-state index < -0.39 is 23.4 Å². The largest absolute Gasteiger partial charge is 0.481 e. The number of rotatable bonds is 3. The molecule has 1 aliphatic rings. The Morgan fingerprint density at radius 3 is 2.45 bits per heavy atom. The van der Waals surface area contributed by atoms with Gasteiger partial charge in [-0.1, -0.05) is 0 Å². The van der Waals surface area contributed by atoms with Crippen molar-refractivity contribution in [1.29, 1.82) is 0 Å². The molecule has 1 aromatic rings. The lowest BCUT2D eigenvalue weighted by Crippen LogP contribution is -2.42. The third kappa shape index (κ3) is 3.55. The molecular formula is C14H18F3N3O2. The first kappa shape index (κ1) is 16.7. The van der Waals surface area contributed by atoms with Crippen LogP contribution in [0.25, 0.3) is 0 Å². The Hall–Kier alpha value is -1.70. The van der Waals surface area contributed by atoms with E-state index in [-0.39, 0.29) is 0 Å². The van der Waals surface area contributed by atoms with E-state index in [0.29, 0.717) is 43.7 Å². The predicted octanol–water partition coefficient (Wildman–Crippen LogP) is 2.49. The molecule has 122 valence electrons. The minimum absolute atomic E-state index is 0.300. The van der Waals surface area contributed by atoms with Crippen LogP contribution in [0.1, 0.15) is 36.8 Å². The summed E-state index contributed by atoms with van der Waals surface area (Å²) in [6.45, 7) is 4.85. The first-order valence-corrected chi connectivity index (χ1v) is 6.97. The van der Waals surface area contributed by atoms with Crippen molar-refractivity contribution in [3.8, 4) is 0 Å². The van der Waals surface area contributed by atoms with E-state index in [4.69, 9.17) is 0 Å². The van der Waals surface area contributed by atoms with Gasteiger partial charge >= 0.3 is 12.1 Å². The molecule has 0 aromatic carbocycles. The average Bonchev–Trinajstić information content (AvgIpc) is 2.42. The van der Waals surface area contributed by atoms with Crippen LogP contribution in [0.15, 0.2) is 6.20 Å². The van der Waals surface area contributed by atoms with Crippen molar-refractivity contribution < 1.29 is 23.1 Å². The SMILES string of the molecule is Cc1nc(C(F)(F)F)ncc1CN1CCC(C)(C(=O)O)CC1. The van der Waals surface area contributed by atoms with Gasteiger partial charge < -0.3 is 5.11 Å². The van der Waals surface area contributed by atoms with Crippen LogP contribution in [-0.4, -0.2) is 39.0 Å². The molecule has 0 saturated carbocycles. The predicted molar refractivity (Wildman–Crippen MR) is 72.0 cm³/mol. The number of carboxylic acid groups (broad SMARTS) is 1. The lowest BCUT2D eigenvalue weighted by Gasteiger charge is -2.36. The third-order valence-corrected chi connectivity index (χ3v) is 4.20. The molecule has 1 aliphatic heterocycles. The van der Waals surface area contributed by atoms with Crippen molar-refractivity contribution in [2.45, 2.75) is 39.4 Å². The third-order valence-electron chi connectivity index (χ3n) is 4.20. The Balaban J connectivity index is 2.03. The standard InChI is InChI=1S/C14H18F3N3O2/c1-9-10(7-18-11(19-9)14(15,16)17)8-20-5-3-13(2,4-6-20)12(21)22/h7H,3-6,8H2,1-2H3,(H,21,22). The van der Waals surface area contributed by atoms with Gasteiger partial charge in [0.1, 0.15) is 0 Å². The molecule has 1 N–H and O–H groups in total. The minimum Gasteiger partial charge on any atom is -0.481 e. The molecule has 2 heterocycles. The van der Waals surface area contributed by atoms with Gasteiger partial charge in [0.25, 0.3) is 0 Å². The van der Waals surface area contributed by atoms with Gasteiger partial charge in [-0.05, 0) is 39.8 Å². The van der Waals surface area contributed by atoms with E-state index in [1.807, 2.05) is 4.90 Å². The van der Waals surface area contributed by atoms with E-state index >= 15 is 0 Å². The molecule has 0 aliphatic carbocycles. The van der Waals surface area contributed by atoms with E-state index in [0.717, 1.165) is 0 Å². The lowest BCUT2D eigenvalue weighted by atomic mass is 9.80. The highest BCUT2D eigenvalue weighted by molar-refractivity contribution is 5.74. The van der Waals surface area contributed by atoms with Crippen LogP contribution in [0.3, 0.4) is 0 Å². The number of aromatic nitrogens is 2. The van der Waals surface area contributed by atoms with Crippen LogP contribution in [0.2, 0.25) is 0 Å². The van der Waals surface area contributed by atoms with Crippen LogP contribution in [0, 0.1) is 12.3 Å². The lowest BCUT2D eigenvalue weighted by molar-refractivity contribution is -0.150. The number of nitrogens with zero attached hydrogens (tertiary/aromatic N) is 3. The van der Waals surface area contributed by atoms with Crippen molar-refractivity contribution in [1.82, 2.24) is 14.9 Å². The molecule has 0 unspecified atom stereocenters. The van der Waals surface area contributed by atoms with Gasteiger partial charge in [-0.15, -0.1) is 0 Å². The Morgan fingerprint density at radius 2 is 2.00 bits per heavy atom. The number of halogens is 3. The van der Waals surface area contributed by atoms with Crippen LogP contribution < -0.4 is 0 Å². The van der Waals surface area contributed by atoms with Gasteiger partial charge in [0, 0.05) is 24.0 Å². The Morgan fingerprint density at radius 1 is 1.41 bits per heavy atom. The first-order chi connectivity index (χ1) is 10.1. The second-order valence-electron chi connectivity index (χ2n) is 5.94. The van der Waals surface area contributed by atoms with Gasteiger partial charge in [0.15, 0.2) is 0 Å². The molecule has 0 spiro atoms. The molecule has 0 bridgehead atoms. The van der Waals surface area contributed by atoms with Gasteiger partial charge in [0.05, 0.1) is 5.41 Å². The second-order valence-corrected chi connectivity index (χ2v) is 5.94. The summed E-state index contributed by atoms with van der Waals surface area (Å²) in [5.41, 5.74) is 0.211. The van der Waals surface area contributed by atoms with Crippen molar-refractivity contribution in [2.24, 2.45) is 5.41 Å². The summed E-state index contributed by atoms with van der Waals surface area (Å²) in [6, 6.07) is 0. The molecule has 8 heteroatoms. The maximum absolute atomic E-state index is 12.5. The number of likely N-dealkylation sites (tertiary alicyclic amines) is 1. The number of hydrogen-bond donors (Lipinski definition) is 1. The van der Waals surface area contributed by atoms with E-state index in [9.17, 15) is 23.1 Å². The fraction of sp³-hybridized carbons (Fsp3) is 0.643. The Labute approximate surface area is 126 Å².